The molecule has 2 aliphatic heterocycles. The third-order valence-corrected chi connectivity index (χ3v) is 4.97. The normalized spacial score (nSPS) is 29.9. The van der Waals surface area contributed by atoms with E-state index in [1.807, 2.05) is 0 Å². The van der Waals surface area contributed by atoms with Gasteiger partial charge in [-0.1, -0.05) is 44.2 Å². The van der Waals surface area contributed by atoms with Gasteiger partial charge in [-0.05, 0) is 42.7 Å². The van der Waals surface area contributed by atoms with E-state index in [0.717, 1.165) is 12.0 Å². The van der Waals surface area contributed by atoms with Crippen LogP contribution >= 0.6 is 0 Å². The van der Waals surface area contributed by atoms with Crippen LogP contribution < -0.4 is 5.32 Å². The maximum absolute atomic E-state index is 3.72. The molecule has 0 amide bonds. The smallest absolute Gasteiger partial charge is 0.0223 e. The van der Waals surface area contributed by atoms with Crippen molar-refractivity contribution in [1.82, 2.24) is 10.2 Å². The van der Waals surface area contributed by atoms with Crippen LogP contribution in [-0.4, -0.2) is 37.1 Å². The van der Waals surface area contributed by atoms with E-state index in [-0.39, 0.29) is 0 Å². The van der Waals surface area contributed by atoms with Crippen molar-refractivity contribution in [3.8, 4) is 0 Å². The highest BCUT2D eigenvalue weighted by molar-refractivity contribution is 5.15. The van der Waals surface area contributed by atoms with Crippen LogP contribution in [0.3, 0.4) is 0 Å². The molecular weight excluding hydrogens is 244 g/mol. The summed E-state index contributed by atoms with van der Waals surface area (Å²) >= 11 is 0. The molecule has 2 heteroatoms. The monoisotopic (exact) mass is 272 g/mol. The molecule has 0 aliphatic carbocycles. The van der Waals surface area contributed by atoms with E-state index in [1.165, 1.54) is 51.0 Å². The molecule has 2 nitrogen and oxygen atoms in total. The van der Waals surface area contributed by atoms with Crippen molar-refractivity contribution in [2.75, 3.05) is 26.2 Å². The van der Waals surface area contributed by atoms with Crippen LogP contribution in [0.5, 0.6) is 0 Å². The van der Waals surface area contributed by atoms with Gasteiger partial charge in [-0.2, -0.15) is 0 Å². The summed E-state index contributed by atoms with van der Waals surface area (Å²) in [4.78, 5) is 2.69. The van der Waals surface area contributed by atoms with Gasteiger partial charge in [0, 0.05) is 25.7 Å². The number of rotatable bonds is 3. The predicted octanol–water partition coefficient (Wildman–Crippen LogP) is 2.94. The third kappa shape index (κ3) is 3.42. The summed E-state index contributed by atoms with van der Waals surface area (Å²) in [6, 6.07) is 11.6. The standard InChI is InChI=1S/C18H28N2/c1-18(2)12-16-8-10-19-17(16)13-20(14-18)11-9-15-6-4-3-5-7-15/h3-7,16-17,19H,8-14H2,1-2H3/t16?,17-/m1/s1. The largest absolute Gasteiger partial charge is 0.312 e. The number of nitrogens with one attached hydrogen (secondary N) is 1. The Morgan fingerprint density at radius 3 is 2.85 bits per heavy atom. The highest BCUT2D eigenvalue weighted by atomic mass is 15.2. The number of hydrogen-bond donors (Lipinski definition) is 1. The average Bonchev–Trinajstić information content (AvgIpc) is 2.78. The van der Waals surface area contributed by atoms with Crippen molar-refractivity contribution in [2.45, 2.75) is 39.2 Å². The molecule has 0 aromatic heterocycles. The zero-order valence-corrected chi connectivity index (χ0v) is 12.9. The Kier molecular flexibility index (Phi) is 4.13. The fourth-order valence-corrected chi connectivity index (χ4v) is 4.10. The fraction of sp³-hybridized carbons (Fsp3) is 0.667. The fourth-order valence-electron chi connectivity index (χ4n) is 4.10. The van der Waals surface area contributed by atoms with E-state index in [4.69, 9.17) is 0 Å². The summed E-state index contributed by atoms with van der Waals surface area (Å²) < 4.78 is 0. The lowest BCUT2D eigenvalue weighted by molar-refractivity contribution is 0.188. The zero-order valence-electron chi connectivity index (χ0n) is 12.9. The van der Waals surface area contributed by atoms with Crippen LogP contribution in [-0.2, 0) is 6.42 Å². The van der Waals surface area contributed by atoms with Gasteiger partial charge in [0.2, 0.25) is 0 Å². The number of benzene rings is 1. The Bertz CT molecular complexity index is 426. The minimum atomic E-state index is 0.460. The molecule has 2 atom stereocenters. The van der Waals surface area contributed by atoms with Gasteiger partial charge in [0.25, 0.3) is 0 Å². The van der Waals surface area contributed by atoms with E-state index >= 15 is 0 Å². The van der Waals surface area contributed by atoms with Crippen LogP contribution in [0.25, 0.3) is 0 Å². The van der Waals surface area contributed by atoms with Gasteiger partial charge in [0.15, 0.2) is 0 Å². The first-order valence-corrected chi connectivity index (χ1v) is 8.12. The zero-order chi connectivity index (χ0) is 14.0. The third-order valence-electron chi connectivity index (χ3n) is 4.97. The maximum Gasteiger partial charge on any atom is 0.0223 e. The number of hydrogen-bond acceptors (Lipinski definition) is 2. The van der Waals surface area contributed by atoms with Gasteiger partial charge in [-0.25, -0.2) is 0 Å². The van der Waals surface area contributed by atoms with Gasteiger partial charge in [0.1, 0.15) is 0 Å². The minimum Gasteiger partial charge on any atom is -0.312 e. The first kappa shape index (κ1) is 14.1. The topological polar surface area (TPSA) is 15.3 Å². The summed E-state index contributed by atoms with van der Waals surface area (Å²) in [7, 11) is 0. The first-order chi connectivity index (χ1) is 9.62. The number of likely N-dealkylation sites (tertiary alicyclic amines) is 1. The van der Waals surface area contributed by atoms with Crippen LogP contribution in [0, 0.1) is 11.3 Å². The summed E-state index contributed by atoms with van der Waals surface area (Å²) in [5.41, 5.74) is 1.92. The molecule has 20 heavy (non-hydrogen) atoms. The van der Waals surface area contributed by atoms with Crippen LogP contribution in [0.4, 0.5) is 0 Å². The second-order valence-electron chi connectivity index (χ2n) is 7.45. The predicted molar refractivity (Wildman–Crippen MR) is 84.9 cm³/mol. The molecule has 1 unspecified atom stereocenters. The summed E-state index contributed by atoms with van der Waals surface area (Å²) in [5, 5.41) is 3.72. The molecule has 2 aliphatic rings. The molecule has 110 valence electrons. The van der Waals surface area contributed by atoms with Crippen molar-refractivity contribution in [3.05, 3.63) is 35.9 Å². The molecule has 1 N–H and O–H groups in total. The molecule has 1 aromatic rings. The van der Waals surface area contributed by atoms with Crippen molar-refractivity contribution < 1.29 is 0 Å². The summed E-state index contributed by atoms with van der Waals surface area (Å²) in [5.74, 6) is 0.895. The van der Waals surface area contributed by atoms with Crippen LogP contribution in [0.2, 0.25) is 0 Å². The average molecular weight is 272 g/mol. The van der Waals surface area contributed by atoms with Crippen molar-refractivity contribution in [2.24, 2.45) is 11.3 Å². The van der Waals surface area contributed by atoms with Gasteiger partial charge in [0.05, 0.1) is 0 Å². The Balaban J connectivity index is 1.63. The Morgan fingerprint density at radius 2 is 2.05 bits per heavy atom. The molecule has 0 bridgehead atoms. The van der Waals surface area contributed by atoms with Gasteiger partial charge in [-0.3, -0.25) is 0 Å². The van der Waals surface area contributed by atoms with Gasteiger partial charge in [-0.15, -0.1) is 0 Å². The molecule has 2 saturated heterocycles. The molecule has 0 radical (unpaired) electrons. The van der Waals surface area contributed by atoms with Crippen LogP contribution in [0.1, 0.15) is 32.3 Å². The quantitative estimate of drug-likeness (QED) is 0.910. The number of nitrogens with zero attached hydrogens (tertiary/aromatic N) is 1. The molecular formula is C18H28N2. The highest BCUT2D eigenvalue weighted by Crippen LogP contribution is 2.35. The lowest BCUT2D eigenvalue weighted by Crippen LogP contribution is -2.40. The van der Waals surface area contributed by atoms with Gasteiger partial charge < -0.3 is 10.2 Å². The van der Waals surface area contributed by atoms with Crippen molar-refractivity contribution in [1.29, 1.82) is 0 Å². The second-order valence-corrected chi connectivity index (χ2v) is 7.45. The molecule has 0 spiro atoms. The minimum absolute atomic E-state index is 0.460. The molecule has 3 rings (SSSR count). The van der Waals surface area contributed by atoms with Crippen molar-refractivity contribution >= 4 is 0 Å². The lowest BCUT2D eigenvalue weighted by Gasteiger charge is -2.30. The SMILES string of the molecule is CC1(C)CC2CCN[C@@H]2CN(CCc2ccccc2)C1. The molecule has 1 aromatic carbocycles. The maximum atomic E-state index is 3.72. The highest BCUT2D eigenvalue weighted by Gasteiger charge is 2.37. The Morgan fingerprint density at radius 1 is 1.25 bits per heavy atom. The van der Waals surface area contributed by atoms with Gasteiger partial charge >= 0.3 is 0 Å². The van der Waals surface area contributed by atoms with E-state index in [9.17, 15) is 0 Å². The van der Waals surface area contributed by atoms with E-state index in [2.05, 4.69) is 54.4 Å². The molecule has 2 fully saturated rings. The Hall–Kier alpha value is -0.860. The summed E-state index contributed by atoms with van der Waals surface area (Å²) in [6.45, 7) is 9.79. The summed E-state index contributed by atoms with van der Waals surface area (Å²) in [6.07, 6.45) is 3.93. The Labute approximate surface area is 123 Å². The van der Waals surface area contributed by atoms with E-state index in [0.29, 0.717) is 5.41 Å². The first-order valence-electron chi connectivity index (χ1n) is 8.12. The van der Waals surface area contributed by atoms with E-state index < -0.39 is 0 Å². The number of fused-ring (bicyclic) bond motifs is 1. The lowest BCUT2D eigenvalue weighted by atomic mass is 9.81. The molecule has 2 heterocycles. The van der Waals surface area contributed by atoms with Crippen molar-refractivity contribution in [3.63, 3.8) is 0 Å². The molecule has 0 saturated carbocycles. The second kappa shape index (κ2) is 5.87. The van der Waals surface area contributed by atoms with E-state index in [1.54, 1.807) is 0 Å². The van der Waals surface area contributed by atoms with Crippen LogP contribution in [0.15, 0.2) is 30.3 Å².